The van der Waals surface area contributed by atoms with Gasteiger partial charge in [0.25, 0.3) is 0 Å². The Labute approximate surface area is 76.8 Å². The number of nitrogen functional groups attached to an aromatic ring is 1. The smallest absolute Gasteiger partial charge is 0.159 e. The molecule has 3 N–H and O–H groups in total. The zero-order valence-electron chi connectivity index (χ0n) is 5.93. The Bertz CT molecular complexity index is 444. The molecule has 5 heteroatoms. The molecule has 1 aromatic carbocycles. The largest absolute Gasteiger partial charge is 0.397 e. The number of benzene rings is 1. The van der Waals surface area contributed by atoms with Crippen LogP contribution in [0.15, 0.2) is 12.1 Å². The normalized spacial score (nSPS) is 10.8. The van der Waals surface area contributed by atoms with Crippen molar-refractivity contribution in [3.63, 3.8) is 0 Å². The summed E-state index contributed by atoms with van der Waals surface area (Å²) in [4.78, 5) is 2.84. The Balaban J connectivity index is 3.03. The van der Waals surface area contributed by atoms with Gasteiger partial charge >= 0.3 is 0 Å². The fourth-order valence-electron chi connectivity index (χ4n) is 1.02. The molecule has 0 aliphatic carbocycles. The third kappa shape index (κ3) is 1.02. The van der Waals surface area contributed by atoms with E-state index in [0.717, 1.165) is 0 Å². The van der Waals surface area contributed by atoms with E-state index in [4.69, 9.17) is 18.0 Å². The molecular formula is C7H5FN2S2. The second-order valence-corrected chi connectivity index (χ2v) is 4.04. The lowest BCUT2D eigenvalue weighted by molar-refractivity contribution is 0.641. The number of halogens is 1. The number of anilines is 1. The first-order valence-corrected chi connectivity index (χ1v) is 4.48. The molecule has 62 valence electrons. The molecule has 0 spiro atoms. The number of thiazole rings is 1. The molecular weight excluding hydrogens is 195 g/mol. The van der Waals surface area contributed by atoms with Gasteiger partial charge in [0.05, 0.1) is 15.9 Å². The second-order valence-electron chi connectivity index (χ2n) is 2.36. The Kier molecular flexibility index (Phi) is 1.62. The van der Waals surface area contributed by atoms with Gasteiger partial charge in [0, 0.05) is 0 Å². The van der Waals surface area contributed by atoms with Gasteiger partial charge in [0.15, 0.2) is 3.95 Å². The van der Waals surface area contributed by atoms with E-state index in [2.05, 4.69) is 4.98 Å². The average Bonchev–Trinajstić information content (AvgIpc) is 2.41. The van der Waals surface area contributed by atoms with Crippen LogP contribution in [0, 0.1) is 9.77 Å². The third-order valence-corrected chi connectivity index (χ3v) is 2.81. The molecule has 0 fully saturated rings. The van der Waals surface area contributed by atoms with E-state index in [1.807, 2.05) is 0 Å². The molecule has 0 bridgehead atoms. The molecule has 0 unspecified atom stereocenters. The van der Waals surface area contributed by atoms with Crippen LogP contribution in [0.3, 0.4) is 0 Å². The Morgan fingerprint density at radius 2 is 2.25 bits per heavy atom. The monoisotopic (exact) mass is 200 g/mol. The zero-order chi connectivity index (χ0) is 8.72. The van der Waals surface area contributed by atoms with Crippen molar-refractivity contribution >= 4 is 39.5 Å². The summed E-state index contributed by atoms with van der Waals surface area (Å²) in [5.41, 5.74) is 6.73. The number of nitrogens with one attached hydrogen (secondary N) is 1. The van der Waals surface area contributed by atoms with Crippen LogP contribution in [0.4, 0.5) is 10.1 Å². The Morgan fingerprint density at radius 1 is 1.50 bits per heavy atom. The minimum Gasteiger partial charge on any atom is -0.397 e. The van der Waals surface area contributed by atoms with E-state index >= 15 is 0 Å². The first-order valence-electron chi connectivity index (χ1n) is 3.25. The molecule has 0 saturated heterocycles. The Morgan fingerprint density at radius 3 is 2.92 bits per heavy atom. The van der Waals surface area contributed by atoms with Crippen LogP contribution in [-0.4, -0.2) is 4.98 Å². The fraction of sp³-hybridized carbons (Fsp3) is 0. The van der Waals surface area contributed by atoms with Crippen molar-refractivity contribution in [3.05, 3.63) is 21.9 Å². The minimum absolute atomic E-state index is 0.281. The van der Waals surface area contributed by atoms with Gasteiger partial charge in [-0.25, -0.2) is 4.39 Å². The SMILES string of the molecule is Nc1ccc(F)c2sc(=S)[nH]c12. The van der Waals surface area contributed by atoms with E-state index in [1.54, 1.807) is 0 Å². The molecule has 0 saturated carbocycles. The van der Waals surface area contributed by atoms with Crippen molar-refractivity contribution in [2.75, 3.05) is 5.73 Å². The summed E-state index contributed by atoms with van der Waals surface area (Å²) < 4.78 is 14.1. The average molecular weight is 200 g/mol. The molecule has 1 heterocycles. The van der Waals surface area contributed by atoms with Crippen LogP contribution in [-0.2, 0) is 0 Å². The van der Waals surface area contributed by atoms with Crippen LogP contribution in [0.2, 0.25) is 0 Å². The second kappa shape index (κ2) is 2.53. The van der Waals surface area contributed by atoms with E-state index < -0.39 is 0 Å². The highest BCUT2D eigenvalue weighted by Crippen LogP contribution is 2.26. The van der Waals surface area contributed by atoms with Crippen LogP contribution in [0.25, 0.3) is 10.2 Å². The highest BCUT2D eigenvalue weighted by Gasteiger charge is 2.05. The molecule has 2 rings (SSSR count). The van der Waals surface area contributed by atoms with Crippen molar-refractivity contribution in [1.29, 1.82) is 0 Å². The lowest BCUT2D eigenvalue weighted by Gasteiger charge is -1.94. The predicted octanol–water partition coefficient (Wildman–Crippen LogP) is 2.68. The maximum Gasteiger partial charge on any atom is 0.159 e. The minimum atomic E-state index is -0.281. The Hall–Kier alpha value is -0.940. The summed E-state index contributed by atoms with van der Waals surface area (Å²) in [5.74, 6) is -0.281. The standard InChI is InChI=1S/C7H5FN2S2/c8-3-1-2-4(9)5-6(3)12-7(11)10-5/h1-2H,9H2,(H,10,11). The van der Waals surface area contributed by atoms with Crippen molar-refractivity contribution in [3.8, 4) is 0 Å². The summed E-state index contributed by atoms with van der Waals surface area (Å²) in [6, 6.07) is 2.87. The van der Waals surface area contributed by atoms with Crippen molar-refractivity contribution in [2.24, 2.45) is 0 Å². The van der Waals surface area contributed by atoms with Crippen molar-refractivity contribution in [1.82, 2.24) is 4.98 Å². The van der Waals surface area contributed by atoms with E-state index in [9.17, 15) is 4.39 Å². The lowest BCUT2D eigenvalue weighted by atomic mass is 10.3. The highest BCUT2D eigenvalue weighted by molar-refractivity contribution is 7.73. The number of hydrogen-bond donors (Lipinski definition) is 2. The number of H-pyrrole nitrogens is 1. The van der Waals surface area contributed by atoms with E-state index in [1.165, 1.54) is 23.5 Å². The van der Waals surface area contributed by atoms with Gasteiger partial charge in [-0.1, -0.05) is 0 Å². The molecule has 0 amide bonds. The number of hydrogen-bond acceptors (Lipinski definition) is 3. The van der Waals surface area contributed by atoms with Gasteiger partial charge in [-0.15, -0.1) is 11.3 Å². The number of aromatic nitrogens is 1. The zero-order valence-corrected chi connectivity index (χ0v) is 7.56. The molecule has 2 nitrogen and oxygen atoms in total. The van der Waals surface area contributed by atoms with Crippen LogP contribution in [0.1, 0.15) is 0 Å². The van der Waals surface area contributed by atoms with Gasteiger partial charge in [0.2, 0.25) is 0 Å². The third-order valence-electron chi connectivity index (χ3n) is 1.56. The van der Waals surface area contributed by atoms with Crippen LogP contribution in [0.5, 0.6) is 0 Å². The quantitative estimate of drug-likeness (QED) is 0.507. The summed E-state index contributed by atoms with van der Waals surface area (Å²) in [5, 5.41) is 0. The fourth-order valence-corrected chi connectivity index (χ4v) is 2.15. The van der Waals surface area contributed by atoms with Gasteiger partial charge in [-0.05, 0) is 24.4 Å². The number of nitrogens with two attached hydrogens (primary N) is 1. The molecule has 0 radical (unpaired) electrons. The molecule has 0 atom stereocenters. The van der Waals surface area contributed by atoms with E-state index in [0.29, 0.717) is 19.9 Å². The molecule has 2 aromatic rings. The van der Waals surface area contributed by atoms with Gasteiger partial charge in [0.1, 0.15) is 5.82 Å². The van der Waals surface area contributed by atoms with Crippen LogP contribution >= 0.6 is 23.6 Å². The first-order chi connectivity index (χ1) is 5.68. The van der Waals surface area contributed by atoms with Gasteiger partial charge < -0.3 is 10.7 Å². The summed E-state index contributed by atoms with van der Waals surface area (Å²) in [6.07, 6.45) is 0. The van der Waals surface area contributed by atoms with Gasteiger partial charge in [-0.3, -0.25) is 0 Å². The number of aromatic amines is 1. The van der Waals surface area contributed by atoms with E-state index in [-0.39, 0.29) is 5.82 Å². The predicted molar refractivity (Wildman–Crippen MR) is 51.4 cm³/mol. The molecule has 12 heavy (non-hydrogen) atoms. The molecule has 0 aliphatic heterocycles. The number of fused-ring (bicyclic) bond motifs is 1. The summed E-state index contributed by atoms with van der Waals surface area (Å²) >= 11 is 6.07. The molecule has 0 aliphatic rings. The topological polar surface area (TPSA) is 41.8 Å². The maximum absolute atomic E-state index is 13.1. The van der Waals surface area contributed by atoms with Crippen LogP contribution < -0.4 is 5.73 Å². The number of rotatable bonds is 0. The first kappa shape index (κ1) is 7.70. The highest BCUT2D eigenvalue weighted by atomic mass is 32.1. The summed E-state index contributed by atoms with van der Waals surface area (Å²) in [7, 11) is 0. The molecule has 1 aromatic heterocycles. The maximum atomic E-state index is 13.1. The van der Waals surface area contributed by atoms with Gasteiger partial charge in [-0.2, -0.15) is 0 Å². The lowest BCUT2D eigenvalue weighted by Crippen LogP contribution is -1.86. The van der Waals surface area contributed by atoms with Crippen molar-refractivity contribution < 1.29 is 4.39 Å². The summed E-state index contributed by atoms with van der Waals surface area (Å²) in [6.45, 7) is 0. The van der Waals surface area contributed by atoms with Crippen molar-refractivity contribution in [2.45, 2.75) is 0 Å².